The minimum absolute atomic E-state index is 0.228. The van der Waals surface area contributed by atoms with Crippen LogP contribution in [0, 0.1) is 23.1 Å². The highest BCUT2D eigenvalue weighted by atomic mass is 19.1. The number of nitriles is 1. The standard InChI is InChI=1S/C15H16FN3O3/c1-9(2)13(15(21)22)18-8-10(7-17)14(20)19-12-5-3-11(16)4-6-12/h3-6,8-9,13,18H,1-2H3,(H,19,20)(H,21,22)/b10-8-. The fourth-order valence-corrected chi connectivity index (χ4v) is 1.60. The van der Waals surface area contributed by atoms with E-state index in [0.29, 0.717) is 5.69 Å². The zero-order valence-corrected chi connectivity index (χ0v) is 12.1. The van der Waals surface area contributed by atoms with Crippen LogP contribution >= 0.6 is 0 Å². The molecule has 1 aromatic rings. The summed E-state index contributed by atoms with van der Waals surface area (Å²) in [5, 5.41) is 23.0. The number of hydrogen-bond donors (Lipinski definition) is 3. The van der Waals surface area contributed by atoms with Gasteiger partial charge in [0.2, 0.25) is 0 Å². The second kappa shape index (κ2) is 7.78. The van der Waals surface area contributed by atoms with Crippen molar-refractivity contribution in [1.82, 2.24) is 5.32 Å². The first kappa shape index (κ1) is 17.2. The van der Waals surface area contributed by atoms with Crippen molar-refractivity contribution in [3.05, 3.63) is 41.9 Å². The van der Waals surface area contributed by atoms with E-state index in [4.69, 9.17) is 10.4 Å². The topological polar surface area (TPSA) is 102 Å². The number of amides is 1. The maximum absolute atomic E-state index is 12.8. The molecule has 22 heavy (non-hydrogen) atoms. The maximum Gasteiger partial charge on any atom is 0.326 e. The van der Waals surface area contributed by atoms with Crippen LogP contribution in [0.2, 0.25) is 0 Å². The largest absolute Gasteiger partial charge is 0.480 e. The molecule has 0 saturated heterocycles. The highest BCUT2D eigenvalue weighted by Gasteiger charge is 2.20. The number of carboxylic acid groups (broad SMARTS) is 1. The van der Waals surface area contributed by atoms with Crippen molar-refractivity contribution in [3.63, 3.8) is 0 Å². The molecule has 0 aliphatic carbocycles. The van der Waals surface area contributed by atoms with Crippen molar-refractivity contribution in [2.75, 3.05) is 5.32 Å². The van der Waals surface area contributed by atoms with Gasteiger partial charge in [-0.1, -0.05) is 13.8 Å². The van der Waals surface area contributed by atoms with Gasteiger partial charge in [-0.3, -0.25) is 4.79 Å². The molecule has 1 unspecified atom stereocenters. The van der Waals surface area contributed by atoms with Crippen LogP contribution in [-0.2, 0) is 9.59 Å². The molecule has 1 amide bonds. The number of anilines is 1. The van der Waals surface area contributed by atoms with Crippen molar-refractivity contribution in [3.8, 4) is 6.07 Å². The summed E-state index contributed by atoms with van der Waals surface area (Å²) < 4.78 is 12.8. The molecule has 0 saturated carbocycles. The number of aliphatic carboxylic acids is 1. The van der Waals surface area contributed by atoms with Crippen molar-refractivity contribution in [2.45, 2.75) is 19.9 Å². The first-order chi connectivity index (χ1) is 10.3. The molecule has 0 aliphatic rings. The molecular formula is C15H16FN3O3. The normalized spacial score (nSPS) is 12.4. The van der Waals surface area contributed by atoms with E-state index in [1.165, 1.54) is 24.3 Å². The lowest BCUT2D eigenvalue weighted by molar-refractivity contribution is -0.140. The SMILES string of the molecule is CC(C)C(N/C=C(/C#N)C(=O)Nc1ccc(F)cc1)C(=O)O. The van der Waals surface area contributed by atoms with E-state index in [1.54, 1.807) is 19.9 Å². The van der Waals surface area contributed by atoms with Crippen LogP contribution in [0.3, 0.4) is 0 Å². The smallest absolute Gasteiger partial charge is 0.326 e. The summed E-state index contributed by atoms with van der Waals surface area (Å²) in [5.41, 5.74) is 0.0439. The van der Waals surface area contributed by atoms with Crippen LogP contribution in [0.15, 0.2) is 36.0 Å². The van der Waals surface area contributed by atoms with Crippen LogP contribution < -0.4 is 10.6 Å². The number of nitrogens with one attached hydrogen (secondary N) is 2. The van der Waals surface area contributed by atoms with Gasteiger partial charge in [0.05, 0.1) is 0 Å². The number of halogens is 1. The Morgan fingerprint density at radius 1 is 1.32 bits per heavy atom. The predicted octanol–water partition coefficient (Wildman–Crippen LogP) is 1.87. The summed E-state index contributed by atoms with van der Waals surface area (Å²) in [4.78, 5) is 22.9. The van der Waals surface area contributed by atoms with Gasteiger partial charge in [-0.05, 0) is 30.2 Å². The zero-order valence-electron chi connectivity index (χ0n) is 12.1. The fourth-order valence-electron chi connectivity index (χ4n) is 1.60. The van der Waals surface area contributed by atoms with Gasteiger partial charge in [0.25, 0.3) is 5.91 Å². The summed E-state index contributed by atoms with van der Waals surface area (Å²) >= 11 is 0. The second-order valence-electron chi connectivity index (χ2n) is 4.86. The Morgan fingerprint density at radius 2 is 1.91 bits per heavy atom. The first-order valence-corrected chi connectivity index (χ1v) is 6.51. The van der Waals surface area contributed by atoms with Crippen LogP contribution in [-0.4, -0.2) is 23.0 Å². The van der Waals surface area contributed by atoms with Gasteiger partial charge in [-0.25, -0.2) is 9.18 Å². The molecule has 1 aromatic carbocycles. The number of carboxylic acids is 1. The predicted molar refractivity (Wildman–Crippen MR) is 78.1 cm³/mol. The van der Waals surface area contributed by atoms with Gasteiger partial charge < -0.3 is 15.7 Å². The molecular weight excluding hydrogens is 289 g/mol. The van der Waals surface area contributed by atoms with Crippen LogP contribution in [0.25, 0.3) is 0 Å². The van der Waals surface area contributed by atoms with Gasteiger partial charge in [0.1, 0.15) is 23.5 Å². The number of benzene rings is 1. The van der Waals surface area contributed by atoms with Crippen molar-refractivity contribution >= 4 is 17.6 Å². The molecule has 3 N–H and O–H groups in total. The Bertz CT molecular complexity index is 618. The third kappa shape index (κ3) is 4.90. The lowest BCUT2D eigenvalue weighted by Gasteiger charge is -2.16. The molecule has 0 heterocycles. The van der Waals surface area contributed by atoms with Crippen LogP contribution in [0.4, 0.5) is 10.1 Å². The van der Waals surface area contributed by atoms with Gasteiger partial charge in [-0.2, -0.15) is 5.26 Å². The molecule has 116 valence electrons. The Morgan fingerprint density at radius 3 is 2.36 bits per heavy atom. The Balaban J connectivity index is 2.80. The third-order valence-electron chi connectivity index (χ3n) is 2.81. The number of hydrogen-bond acceptors (Lipinski definition) is 4. The van der Waals surface area contributed by atoms with Gasteiger partial charge in [-0.15, -0.1) is 0 Å². The summed E-state index contributed by atoms with van der Waals surface area (Å²) in [6.45, 7) is 3.40. The Hall–Kier alpha value is -2.88. The molecule has 0 fully saturated rings. The van der Waals surface area contributed by atoms with Crippen molar-refractivity contribution in [2.24, 2.45) is 5.92 Å². The van der Waals surface area contributed by atoms with Crippen molar-refractivity contribution < 1.29 is 19.1 Å². The third-order valence-corrected chi connectivity index (χ3v) is 2.81. The summed E-state index contributed by atoms with van der Waals surface area (Å²) in [6, 6.07) is 5.81. The molecule has 0 aromatic heterocycles. The maximum atomic E-state index is 12.8. The van der Waals surface area contributed by atoms with Crippen LogP contribution in [0.5, 0.6) is 0 Å². The molecule has 6 nitrogen and oxygen atoms in total. The monoisotopic (exact) mass is 305 g/mol. The minimum Gasteiger partial charge on any atom is -0.480 e. The summed E-state index contributed by atoms with van der Waals surface area (Å²) in [6.07, 6.45) is 1.07. The zero-order chi connectivity index (χ0) is 16.7. The lowest BCUT2D eigenvalue weighted by atomic mass is 10.1. The molecule has 0 spiro atoms. The molecule has 7 heteroatoms. The molecule has 1 atom stereocenters. The second-order valence-corrected chi connectivity index (χ2v) is 4.86. The molecule has 0 radical (unpaired) electrons. The van der Waals surface area contributed by atoms with Gasteiger partial charge in [0, 0.05) is 11.9 Å². The van der Waals surface area contributed by atoms with Gasteiger partial charge in [0.15, 0.2) is 0 Å². The number of rotatable bonds is 6. The average molecular weight is 305 g/mol. The van der Waals surface area contributed by atoms with E-state index < -0.39 is 23.7 Å². The number of nitrogens with zero attached hydrogens (tertiary/aromatic N) is 1. The van der Waals surface area contributed by atoms with Crippen molar-refractivity contribution in [1.29, 1.82) is 5.26 Å². The Labute approximate surface area is 127 Å². The summed E-state index contributed by atoms with van der Waals surface area (Å²) in [7, 11) is 0. The quantitative estimate of drug-likeness (QED) is 0.550. The van der Waals surface area contributed by atoms with Crippen LogP contribution in [0.1, 0.15) is 13.8 Å². The van der Waals surface area contributed by atoms with E-state index in [9.17, 15) is 14.0 Å². The first-order valence-electron chi connectivity index (χ1n) is 6.51. The molecule has 1 rings (SSSR count). The lowest BCUT2D eigenvalue weighted by Crippen LogP contribution is -2.38. The highest BCUT2D eigenvalue weighted by Crippen LogP contribution is 2.10. The highest BCUT2D eigenvalue weighted by molar-refractivity contribution is 6.06. The fraction of sp³-hybridized carbons (Fsp3) is 0.267. The molecule has 0 bridgehead atoms. The average Bonchev–Trinajstić information content (AvgIpc) is 2.45. The van der Waals surface area contributed by atoms with Gasteiger partial charge >= 0.3 is 5.97 Å². The Kier molecular flexibility index (Phi) is 6.08. The van der Waals surface area contributed by atoms with E-state index in [2.05, 4.69) is 10.6 Å². The van der Waals surface area contributed by atoms with E-state index in [-0.39, 0.29) is 11.5 Å². The number of carbonyl (C=O) groups excluding carboxylic acids is 1. The molecule has 0 aliphatic heterocycles. The van der Waals surface area contributed by atoms with E-state index in [1.807, 2.05) is 0 Å². The minimum atomic E-state index is -1.08. The number of carbonyl (C=O) groups is 2. The van der Waals surface area contributed by atoms with E-state index in [0.717, 1.165) is 6.20 Å². The summed E-state index contributed by atoms with van der Waals surface area (Å²) in [5.74, 6) is -2.47. The van der Waals surface area contributed by atoms with E-state index >= 15 is 0 Å².